The van der Waals surface area contributed by atoms with E-state index < -0.39 is 0 Å². The number of benzene rings is 2. The van der Waals surface area contributed by atoms with E-state index in [1.807, 2.05) is 40.9 Å². The normalized spacial score (nSPS) is 17.0. The van der Waals surface area contributed by atoms with Gasteiger partial charge in [-0.25, -0.2) is 4.79 Å². The summed E-state index contributed by atoms with van der Waals surface area (Å²) in [5.41, 5.74) is 3.27. The lowest BCUT2D eigenvalue weighted by atomic mass is 10.0. The molecule has 1 fully saturated rings. The summed E-state index contributed by atoms with van der Waals surface area (Å²) in [6.07, 6.45) is 0. The van der Waals surface area contributed by atoms with E-state index in [1.54, 1.807) is 7.11 Å². The summed E-state index contributed by atoms with van der Waals surface area (Å²) in [4.78, 5) is 14.6. The molecule has 25 heavy (non-hydrogen) atoms. The van der Waals surface area contributed by atoms with Gasteiger partial charge in [-0.2, -0.15) is 0 Å². The zero-order chi connectivity index (χ0) is 17.8. The van der Waals surface area contributed by atoms with Gasteiger partial charge in [0, 0.05) is 18.0 Å². The molecule has 1 saturated heterocycles. The molecule has 132 valence electrons. The Morgan fingerprint density at radius 1 is 1.16 bits per heavy atom. The van der Waals surface area contributed by atoms with Crippen molar-refractivity contribution in [1.82, 2.24) is 4.90 Å². The van der Waals surface area contributed by atoms with Gasteiger partial charge in [0.25, 0.3) is 0 Å². The van der Waals surface area contributed by atoms with Crippen molar-refractivity contribution in [1.29, 1.82) is 0 Å². The first kappa shape index (κ1) is 17.7. The Bertz CT molecular complexity index is 713. The lowest BCUT2D eigenvalue weighted by Gasteiger charge is -2.24. The molecule has 5 heteroatoms. The fourth-order valence-corrected chi connectivity index (χ4v) is 4.13. The molecule has 0 radical (unpaired) electrons. The highest BCUT2D eigenvalue weighted by Gasteiger charge is 2.30. The minimum atomic E-state index is -0.0619. The van der Waals surface area contributed by atoms with Gasteiger partial charge in [0.2, 0.25) is 0 Å². The predicted molar refractivity (Wildman–Crippen MR) is 104 cm³/mol. The van der Waals surface area contributed by atoms with Gasteiger partial charge < -0.3 is 15.0 Å². The van der Waals surface area contributed by atoms with Crippen molar-refractivity contribution in [2.45, 2.75) is 25.1 Å². The molecule has 1 N–H and O–H groups in total. The van der Waals surface area contributed by atoms with E-state index in [2.05, 4.69) is 43.4 Å². The number of amides is 2. The molecule has 1 aliphatic heterocycles. The van der Waals surface area contributed by atoms with E-state index in [0.29, 0.717) is 5.92 Å². The number of ether oxygens (including phenoxy) is 1. The highest BCUT2D eigenvalue weighted by atomic mass is 32.2. The quantitative estimate of drug-likeness (QED) is 0.829. The van der Waals surface area contributed by atoms with Gasteiger partial charge in [0.1, 0.15) is 11.1 Å². The molecule has 2 aromatic rings. The molecule has 0 saturated carbocycles. The van der Waals surface area contributed by atoms with Crippen LogP contribution in [0.3, 0.4) is 0 Å². The number of carbonyl (C=O) groups excluding carboxylic acids is 1. The maximum Gasteiger partial charge on any atom is 0.323 e. The van der Waals surface area contributed by atoms with Crippen molar-refractivity contribution in [3.63, 3.8) is 0 Å². The van der Waals surface area contributed by atoms with Crippen LogP contribution in [0.5, 0.6) is 5.75 Å². The van der Waals surface area contributed by atoms with Gasteiger partial charge in [-0.3, -0.25) is 0 Å². The van der Waals surface area contributed by atoms with Crippen molar-refractivity contribution >= 4 is 23.5 Å². The topological polar surface area (TPSA) is 41.6 Å². The first-order chi connectivity index (χ1) is 12.1. The Morgan fingerprint density at radius 2 is 1.84 bits per heavy atom. The van der Waals surface area contributed by atoms with Crippen molar-refractivity contribution in [3.05, 3.63) is 59.7 Å². The summed E-state index contributed by atoms with van der Waals surface area (Å²) in [5.74, 6) is 2.24. The Kier molecular flexibility index (Phi) is 5.53. The molecule has 2 aromatic carbocycles. The molecule has 0 unspecified atom stereocenters. The van der Waals surface area contributed by atoms with Crippen LogP contribution in [0.2, 0.25) is 0 Å². The molecule has 0 bridgehead atoms. The van der Waals surface area contributed by atoms with Crippen LogP contribution in [0.4, 0.5) is 10.5 Å². The summed E-state index contributed by atoms with van der Waals surface area (Å²) in [5, 5.41) is 3.05. The molecule has 3 rings (SSSR count). The van der Waals surface area contributed by atoms with E-state index in [9.17, 15) is 4.79 Å². The van der Waals surface area contributed by atoms with Gasteiger partial charge in [0.15, 0.2) is 0 Å². The standard InChI is InChI=1S/C20H24N2O2S/c1-14(2)15-4-6-16(7-5-15)19-22(12-13-25-19)20(23)21-17-8-10-18(24-3)11-9-17/h4-11,14,19H,12-13H2,1-3H3,(H,21,23)/t19-/m1/s1. The van der Waals surface area contributed by atoms with Crippen LogP contribution >= 0.6 is 11.8 Å². The summed E-state index contributed by atoms with van der Waals surface area (Å²) < 4.78 is 5.15. The van der Waals surface area contributed by atoms with Crippen LogP contribution in [0.1, 0.15) is 36.3 Å². The number of hydrogen-bond acceptors (Lipinski definition) is 3. The number of carbonyl (C=O) groups is 1. The third kappa shape index (κ3) is 4.10. The highest BCUT2D eigenvalue weighted by molar-refractivity contribution is 7.99. The molecular weight excluding hydrogens is 332 g/mol. The number of nitrogens with one attached hydrogen (secondary N) is 1. The van der Waals surface area contributed by atoms with E-state index in [4.69, 9.17) is 4.74 Å². The van der Waals surface area contributed by atoms with Crippen molar-refractivity contribution in [2.24, 2.45) is 0 Å². The second kappa shape index (κ2) is 7.83. The average Bonchev–Trinajstić information content (AvgIpc) is 3.12. The zero-order valence-corrected chi connectivity index (χ0v) is 15.7. The van der Waals surface area contributed by atoms with Crippen molar-refractivity contribution in [2.75, 3.05) is 24.7 Å². The van der Waals surface area contributed by atoms with Crippen LogP contribution in [0.15, 0.2) is 48.5 Å². The van der Waals surface area contributed by atoms with Crippen LogP contribution in [-0.2, 0) is 0 Å². The lowest BCUT2D eigenvalue weighted by Crippen LogP contribution is -2.34. The summed E-state index contributed by atoms with van der Waals surface area (Å²) >= 11 is 1.81. The second-order valence-corrected chi connectivity index (χ2v) is 7.58. The van der Waals surface area contributed by atoms with Gasteiger partial charge in [-0.1, -0.05) is 38.1 Å². The molecule has 0 aromatic heterocycles. The maximum absolute atomic E-state index is 12.7. The number of nitrogens with zero attached hydrogens (tertiary/aromatic N) is 1. The van der Waals surface area contributed by atoms with Crippen LogP contribution < -0.4 is 10.1 Å². The first-order valence-electron chi connectivity index (χ1n) is 8.51. The van der Waals surface area contributed by atoms with E-state index >= 15 is 0 Å². The molecule has 1 heterocycles. The number of anilines is 1. The Labute approximate surface area is 153 Å². The largest absolute Gasteiger partial charge is 0.497 e. The van der Waals surface area contributed by atoms with Gasteiger partial charge >= 0.3 is 6.03 Å². The zero-order valence-electron chi connectivity index (χ0n) is 14.9. The lowest BCUT2D eigenvalue weighted by molar-refractivity contribution is 0.214. The summed E-state index contributed by atoms with van der Waals surface area (Å²) in [6.45, 7) is 5.13. The minimum Gasteiger partial charge on any atom is -0.497 e. The molecule has 2 amide bonds. The summed E-state index contributed by atoms with van der Waals surface area (Å²) in [6, 6.07) is 16.0. The Morgan fingerprint density at radius 3 is 2.44 bits per heavy atom. The first-order valence-corrected chi connectivity index (χ1v) is 9.56. The number of urea groups is 1. The maximum atomic E-state index is 12.7. The van der Waals surface area contributed by atoms with E-state index in [-0.39, 0.29) is 11.4 Å². The SMILES string of the molecule is COc1ccc(NC(=O)N2CCS[C@@H]2c2ccc(C(C)C)cc2)cc1. The Balaban J connectivity index is 1.70. The van der Waals surface area contributed by atoms with Gasteiger partial charge in [0.05, 0.1) is 7.11 Å². The number of thioether (sulfide) groups is 1. The molecule has 1 atom stereocenters. The van der Waals surface area contributed by atoms with Crippen molar-refractivity contribution < 1.29 is 9.53 Å². The smallest absolute Gasteiger partial charge is 0.323 e. The molecule has 1 aliphatic rings. The Hall–Kier alpha value is -2.14. The van der Waals surface area contributed by atoms with Crippen LogP contribution in [-0.4, -0.2) is 30.3 Å². The highest BCUT2D eigenvalue weighted by Crippen LogP contribution is 2.38. The number of rotatable bonds is 4. The van der Waals surface area contributed by atoms with E-state index in [1.165, 1.54) is 11.1 Å². The molecule has 0 aliphatic carbocycles. The van der Waals surface area contributed by atoms with Gasteiger partial charge in [-0.15, -0.1) is 11.8 Å². The second-order valence-electron chi connectivity index (χ2n) is 6.40. The fourth-order valence-electron chi connectivity index (χ4n) is 2.87. The summed E-state index contributed by atoms with van der Waals surface area (Å²) in [7, 11) is 1.63. The van der Waals surface area contributed by atoms with Crippen LogP contribution in [0, 0.1) is 0 Å². The third-order valence-electron chi connectivity index (χ3n) is 4.38. The van der Waals surface area contributed by atoms with Crippen molar-refractivity contribution in [3.8, 4) is 5.75 Å². The molecular formula is C20H24N2O2S. The monoisotopic (exact) mass is 356 g/mol. The fraction of sp³-hybridized carbons (Fsp3) is 0.350. The molecule has 4 nitrogen and oxygen atoms in total. The third-order valence-corrected chi connectivity index (χ3v) is 5.64. The van der Waals surface area contributed by atoms with Crippen LogP contribution in [0.25, 0.3) is 0 Å². The van der Waals surface area contributed by atoms with Gasteiger partial charge in [-0.05, 0) is 41.3 Å². The predicted octanol–water partition coefficient (Wildman–Crippen LogP) is 5.10. The number of methoxy groups -OCH3 is 1. The number of hydrogen-bond donors (Lipinski definition) is 1. The minimum absolute atomic E-state index is 0.0619. The molecule has 0 spiro atoms. The van der Waals surface area contributed by atoms with E-state index in [0.717, 1.165) is 23.7 Å². The average molecular weight is 356 g/mol.